The van der Waals surface area contributed by atoms with Crippen molar-refractivity contribution in [3.63, 3.8) is 0 Å². The van der Waals surface area contributed by atoms with Crippen molar-refractivity contribution in [1.29, 1.82) is 0 Å². The molecule has 0 aromatic carbocycles. The van der Waals surface area contributed by atoms with Crippen LogP contribution in [0, 0.1) is 11.3 Å². The first-order valence-electron chi connectivity index (χ1n) is 7.39. The molecule has 0 radical (unpaired) electrons. The van der Waals surface area contributed by atoms with Crippen molar-refractivity contribution in [3.8, 4) is 0 Å². The summed E-state index contributed by atoms with van der Waals surface area (Å²) in [4.78, 5) is 23.3. The summed E-state index contributed by atoms with van der Waals surface area (Å²) in [6, 6.07) is 0. The monoisotopic (exact) mass is 294 g/mol. The Morgan fingerprint density at radius 2 is 1.62 bits per heavy atom. The highest BCUT2D eigenvalue weighted by Crippen LogP contribution is 2.36. The van der Waals surface area contributed by atoms with Gasteiger partial charge in [0.2, 0.25) is 0 Å². The summed E-state index contributed by atoms with van der Waals surface area (Å²) in [5.74, 6) is -0.211. The van der Waals surface area contributed by atoms with Crippen LogP contribution in [-0.4, -0.2) is 22.3 Å². The van der Waals surface area contributed by atoms with Gasteiger partial charge in [0.25, 0.3) is 0 Å². The maximum atomic E-state index is 12.1. The van der Waals surface area contributed by atoms with Gasteiger partial charge in [-0.3, -0.25) is 4.79 Å². The van der Waals surface area contributed by atoms with Crippen LogP contribution in [-0.2, 0) is 9.59 Å². The molecule has 0 spiro atoms. The van der Waals surface area contributed by atoms with Gasteiger partial charge in [0.05, 0.1) is 5.60 Å². The zero-order valence-corrected chi connectivity index (χ0v) is 14.5. The van der Waals surface area contributed by atoms with Gasteiger partial charge >= 0.3 is 0 Å². The van der Waals surface area contributed by atoms with Gasteiger partial charge in [-0.1, -0.05) is 32.1 Å². The SMILES string of the molecule is C=C(C)C(/C=C(\C(C)=O)C(C)(C)CCC(C)=O)C(C)(C)O. The number of rotatable bonds is 8. The zero-order chi connectivity index (χ0) is 17.0. The van der Waals surface area contributed by atoms with Gasteiger partial charge in [0.1, 0.15) is 5.78 Å². The smallest absolute Gasteiger partial charge is 0.156 e. The quantitative estimate of drug-likeness (QED) is 0.546. The number of allylic oxidation sites excluding steroid dienone is 1. The molecule has 0 aromatic rings. The Balaban J connectivity index is 5.66. The van der Waals surface area contributed by atoms with Gasteiger partial charge in [0.15, 0.2) is 5.78 Å². The molecule has 3 heteroatoms. The minimum absolute atomic E-state index is 0.0287. The van der Waals surface area contributed by atoms with E-state index in [0.29, 0.717) is 18.4 Å². The molecule has 0 saturated carbocycles. The van der Waals surface area contributed by atoms with Crippen molar-refractivity contribution >= 4 is 11.6 Å². The zero-order valence-electron chi connectivity index (χ0n) is 14.5. The van der Waals surface area contributed by atoms with E-state index in [1.54, 1.807) is 20.8 Å². The fourth-order valence-electron chi connectivity index (χ4n) is 2.56. The van der Waals surface area contributed by atoms with Crippen molar-refractivity contribution in [2.24, 2.45) is 11.3 Å². The van der Waals surface area contributed by atoms with Gasteiger partial charge in [0, 0.05) is 12.3 Å². The third-order valence-corrected chi connectivity index (χ3v) is 3.84. The Morgan fingerprint density at radius 1 is 1.14 bits per heavy atom. The van der Waals surface area contributed by atoms with E-state index in [2.05, 4.69) is 6.58 Å². The highest BCUT2D eigenvalue weighted by Gasteiger charge is 2.32. The normalized spacial score (nSPS) is 14.8. The van der Waals surface area contributed by atoms with Crippen molar-refractivity contribution in [3.05, 3.63) is 23.8 Å². The maximum Gasteiger partial charge on any atom is 0.156 e. The van der Waals surface area contributed by atoms with Gasteiger partial charge in [-0.25, -0.2) is 0 Å². The molecule has 3 nitrogen and oxygen atoms in total. The number of ketones is 2. The number of Topliss-reactive ketones (excluding diaryl/α,β-unsaturated/α-hetero) is 2. The Labute approximate surface area is 129 Å². The van der Waals surface area contributed by atoms with Crippen LogP contribution in [0.2, 0.25) is 0 Å². The van der Waals surface area contributed by atoms with Crippen molar-refractivity contribution in [1.82, 2.24) is 0 Å². The molecule has 0 saturated heterocycles. The molecule has 1 N–H and O–H groups in total. The van der Waals surface area contributed by atoms with Crippen molar-refractivity contribution in [2.75, 3.05) is 0 Å². The topological polar surface area (TPSA) is 54.4 Å². The summed E-state index contributed by atoms with van der Waals surface area (Å²) < 4.78 is 0. The summed E-state index contributed by atoms with van der Waals surface area (Å²) in [7, 11) is 0. The first-order chi connectivity index (χ1) is 9.29. The number of hydrogen-bond donors (Lipinski definition) is 1. The first-order valence-corrected chi connectivity index (χ1v) is 7.39. The summed E-state index contributed by atoms with van der Waals surface area (Å²) >= 11 is 0. The van der Waals surface area contributed by atoms with Crippen molar-refractivity contribution < 1.29 is 14.7 Å². The highest BCUT2D eigenvalue weighted by molar-refractivity contribution is 5.94. The molecule has 0 amide bonds. The third kappa shape index (κ3) is 6.38. The molecule has 120 valence electrons. The number of hydrogen-bond acceptors (Lipinski definition) is 3. The number of carbonyl (C=O) groups excluding carboxylic acids is 2. The van der Waals surface area contributed by atoms with E-state index < -0.39 is 11.0 Å². The van der Waals surface area contributed by atoms with E-state index in [1.165, 1.54) is 6.92 Å². The third-order valence-electron chi connectivity index (χ3n) is 3.84. The molecule has 0 heterocycles. The van der Waals surface area contributed by atoms with E-state index in [-0.39, 0.29) is 17.5 Å². The Hall–Kier alpha value is -1.22. The maximum absolute atomic E-state index is 12.1. The van der Waals surface area contributed by atoms with Crippen LogP contribution >= 0.6 is 0 Å². The van der Waals surface area contributed by atoms with Gasteiger partial charge in [-0.2, -0.15) is 0 Å². The molecule has 0 aliphatic heterocycles. The number of aliphatic hydroxyl groups is 1. The molecule has 1 atom stereocenters. The van der Waals surface area contributed by atoms with E-state index in [4.69, 9.17) is 0 Å². The fourth-order valence-corrected chi connectivity index (χ4v) is 2.56. The lowest BCUT2D eigenvalue weighted by atomic mass is 9.74. The Morgan fingerprint density at radius 3 is 1.90 bits per heavy atom. The molecule has 1 unspecified atom stereocenters. The average molecular weight is 294 g/mol. The summed E-state index contributed by atoms with van der Waals surface area (Å²) in [6.45, 7) is 16.2. The average Bonchev–Trinajstić information content (AvgIpc) is 2.23. The molecule has 0 fully saturated rings. The molecule has 0 bridgehead atoms. The molecule has 0 aliphatic rings. The second-order valence-electron chi connectivity index (χ2n) is 7.20. The second-order valence-corrected chi connectivity index (χ2v) is 7.20. The molecule has 0 rings (SSSR count). The Kier molecular flexibility index (Phi) is 6.75. The van der Waals surface area contributed by atoms with E-state index in [1.807, 2.05) is 26.8 Å². The van der Waals surface area contributed by atoms with E-state index in [9.17, 15) is 14.7 Å². The predicted octanol–water partition coefficient (Wildman–Crippen LogP) is 3.86. The van der Waals surface area contributed by atoms with Gasteiger partial charge in [-0.15, -0.1) is 0 Å². The van der Waals surface area contributed by atoms with Crippen LogP contribution in [0.3, 0.4) is 0 Å². The fraction of sp³-hybridized carbons (Fsp3) is 0.667. The van der Waals surface area contributed by atoms with Crippen LogP contribution in [0.15, 0.2) is 23.8 Å². The van der Waals surface area contributed by atoms with Crippen LogP contribution < -0.4 is 0 Å². The van der Waals surface area contributed by atoms with E-state index >= 15 is 0 Å². The van der Waals surface area contributed by atoms with Gasteiger partial charge < -0.3 is 9.90 Å². The number of carbonyl (C=O) groups is 2. The lowest BCUT2D eigenvalue weighted by molar-refractivity contribution is -0.118. The second kappa shape index (κ2) is 7.17. The summed E-state index contributed by atoms with van der Waals surface area (Å²) in [6.07, 6.45) is 2.88. The van der Waals surface area contributed by atoms with Crippen LogP contribution in [0.25, 0.3) is 0 Å². The van der Waals surface area contributed by atoms with E-state index in [0.717, 1.165) is 5.57 Å². The molecular weight excluding hydrogens is 264 g/mol. The first kappa shape index (κ1) is 19.8. The highest BCUT2D eigenvalue weighted by atomic mass is 16.3. The molecule has 0 aromatic heterocycles. The van der Waals surface area contributed by atoms with Crippen LogP contribution in [0.5, 0.6) is 0 Å². The predicted molar refractivity (Wildman–Crippen MR) is 87.1 cm³/mol. The minimum Gasteiger partial charge on any atom is -0.390 e. The molecular formula is C18H30O3. The minimum atomic E-state index is -0.983. The standard InChI is InChI=1S/C18H30O3/c1-12(2)15(18(7,8)21)11-16(14(4)20)17(5,6)10-9-13(3)19/h11,15,21H,1,9-10H2,2-8H3/b16-11+. The lowest BCUT2D eigenvalue weighted by Gasteiger charge is -2.32. The summed E-state index contributed by atoms with van der Waals surface area (Å²) in [5, 5.41) is 10.3. The van der Waals surface area contributed by atoms with Crippen LogP contribution in [0.4, 0.5) is 0 Å². The van der Waals surface area contributed by atoms with Crippen LogP contribution in [0.1, 0.15) is 61.3 Å². The molecule has 21 heavy (non-hydrogen) atoms. The Bertz CT molecular complexity index is 448. The largest absolute Gasteiger partial charge is 0.390 e. The van der Waals surface area contributed by atoms with Crippen molar-refractivity contribution in [2.45, 2.75) is 66.9 Å². The molecule has 0 aliphatic carbocycles. The van der Waals surface area contributed by atoms with Gasteiger partial charge in [-0.05, 0) is 52.0 Å². The lowest BCUT2D eigenvalue weighted by Crippen LogP contribution is -2.32. The summed E-state index contributed by atoms with van der Waals surface area (Å²) in [5.41, 5.74) is 0.0714.